The molecular formula is C21H23N7O4. The minimum absolute atomic E-state index is 0.161. The van der Waals surface area contributed by atoms with Gasteiger partial charge in [0.25, 0.3) is 0 Å². The summed E-state index contributed by atoms with van der Waals surface area (Å²) in [5.74, 6) is 1.55. The summed E-state index contributed by atoms with van der Waals surface area (Å²) in [5, 5.41) is 10.2. The highest BCUT2D eigenvalue weighted by molar-refractivity contribution is 5.85. The van der Waals surface area contributed by atoms with Crippen LogP contribution < -0.4 is 15.8 Å². The second kappa shape index (κ2) is 8.17. The van der Waals surface area contributed by atoms with Crippen LogP contribution in [0.4, 0.5) is 16.3 Å². The van der Waals surface area contributed by atoms with Gasteiger partial charge < -0.3 is 19.8 Å². The number of pyridine rings is 1. The van der Waals surface area contributed by atoms with Crippen LogP contribution in [0.15, 0.2) is 41.2 Å². The summed E-state index contributed by atoms with van der Waals surface area (Å²) in [4.78, 5) is 20.9. The summed E-state index contributed by atoms with van der Waals surface area (Å²) in [5.41, 5.74) is 7.58. The predicted molar refractivity (Wildman–Crippen MR) is 117 cm³/mol. The highest BCUT2D eigenvalue weighted by Gasteiger charge is 2.19. The molecule has 1 amide bonds. The molecule has 11 nitrogen and oxygen atoms in total. The summed E-state index contributed by atoms with van der Waals surface area (Å²) >= 11 is 0. The van der Waals surface area contributed by atoms with Gasteiger partial charge in [-0.15, -0.1) is 0 Å². The molecule has 0 saturated carbocycles. The summed E-state index contributed by atoms with van der Waals surface area (Å²) in [7, 11) is 0. The predicted octanol–water partition coefficient (Wildman–Crippen LogP) is 4.22. The molecule has 1 aromatic carbocycles. The molecule has 0 saturated heterocycles. The van der Waals surface area contributed by atoms with Gasteiger partial charge in [0.2, 0.25) is 5.88 Å². The maximum atomic E-state index is 12.0. The van der Waals surface area contributed by atoms with Crippen molar-refractivity contribution in [3.05, 3.63) is 36.5 Å². The molecule has 0 fully saturated rings. The second-order valence-corrected chi connectivity index (χ2v) is 7.95. The van der Waals surface area contributed by atoms with Crippen LogP contribution in [-0.4, -0.2) is 36.5 Å². The molecule has 166 valence electrons. The Kier molecular flexibility index (Phi) is 5.39. The van der Waals surface area contributed by atoms with Gasteiger partial charge in [-0.1, -0.05) is 6.07 Å². The van der Waals surface area contributed by atoms with Crippen molar-refractivity contribution in [3.63, 3.8) is 0 Å². The second-order valence-electron chi connectivity index (χ2n) is 7.95. The third-order valence-electron chi connectivity index (χ3n) is 4.35. The quantitative estimate of drug-likeness (QED) is 0.469. The Morgan fingerprint density at radius 1 is 1.25 bits per heavy atom. The average Bonchev–Trinajstić information content (AvgIpc) is 3.29. The highest BCUT2D eigenvalue weighted by atomic mass is 16.6. The molecule has 0 aliphatic heterocycles. The summed E-state index contributed by atoms with van der Waals surface area (Å²) in [6, 6.07) is 8.71. The van der Waals surface area contributed by atoms with Crippen molar-refractivity contribution in [2.75, 3.05) is 11.1 Å². The molecule has 3 aromatic heterocycles. The Hall–Kier alpha value is -4.15. The van der Waals surface area contributed by atoms with Crippen molar-refractivity contribution in [1.82, 2.24) is 24.8 Å². The minimum Gasteiger partial charge on any atom is -0.444 e. The van der Waals surface area contributed by atoms with Crippen molar-refractivity contribution in [2.24, 2.45) is 0 Å². The molecule has 4 aromatic rings. The molecule has 0 aliphatic rings. The van der Waals surface area contributed by atoms with Gasteiger partial charge in [-0.2, -0.15) is 0 Å². The number of carbonyl (C=O) groups excluding carboxylic acids is 1. The van der Waals surface area contributed by atoms with Gasteiger partial charge in [-0.3, -0.25) is 5.32 Å². The van der Waals surface area contributed by atoms with E-state index in [9.17, 15) is 4.79 Å². The lowest BCUT2D eigenvalue weighted by molar-refractivity contribution is 0.0636. The molecule has 0 unspecified atom stereocenters. The molecule has 0 bridgehead atoms. The van der Waals surface area contributed by atoms with E-state index in [0.29, 0.717) is 40.9 Å². The highest BCUT2D eigenvalue weighted by Crippen LogP contribution is 2.30. The third-order valence-corrected chi connectivity index (χ3v) is 4.35. The van der Waals surface area contributed by atoms with Crippen LogP contribution in [0.1, 0.15) is 27.7 Å². The van der Waals surface area contributed by atoms with Gasteiger partial charge in [-0.25, -0.2) is 19.4 Å². The number of carbonyl (C=O) groups is 1. The maximum Gasteiger partial charge on any atom is 0.412 e. The number of nitrogens with two attached hydrogens (primary N) is 1. The molecule has 0 spiro atoms. The fourth-order valence-corrected chi connectivity index (χ4v) is 3.10. The van der Waals surface area contributed by atoms with Crippen LogP contribution in [-0.2, 0) is 11.3 Å². The maximum absolute atomic E-state index is 12.0. The molecule has 11 heteroatoms. The number of hydrogen-bond donors (Lipinski definition) is 2. The number of aryl methyl sites for hydroxylation is 1. The van der Waals surface area contributed by atoms with E-state index in [4.69, 9.17) is 19.8 Å². The van der Waals surface area contributed by atoms with E-state index in [1.807, 2.05) is 11.5 Å². The van der Waals surface area contributed by atoms with Crippen molar-refractivity contribution < 1.29 is 18.9 Å². The molecule has 0 radical (unpaired) electrons. The van der Waals surface area contributed by atoms with Crippen LogP contribution in [0, 0.1) is 0 Å². The van der Waals surface area contributed by atoms with E-state index in [0.717, 1.165) is 5.52 Å². The van der Waals surface area contributed by atoms with E-state index in [1.165, 1.54) is 0 Å². The fourth-order valence-electron chi connectivity index (χ4n) is 3.10. The zero-order chi connectivity index (χ0) is 22.9. The van der Waals surface area contributed by atoms with Crippen LogP contribution in [0.2, 0.25) is 0 Å². The standard InChI is InChI=1S/C21H23N7O4/c1-5-28-15-10-16(23-11-14(15)25-19(28)17-18(22)27-32-26-17)30-13-8-6-7-12(9-13)24-20(29)31-21(2,3)4/h6-11H,5H2,1-4H3,(H2,22,27)(H,24,29). The van der Waals surface area contributed by atoms with Gasteiger partial charge in [0, 0.05) is 24.4 Å². The first-order valence-electron chi connectivity index (χ1n) is 9.96. The summed E-state index contributed by atoms with van der Waals surface area (Å²) in [6.45, 7) is 7.98. The average molecular weight is 437 g/mol. The normalized spacial score (nSPS) is 11.5. The first-order valence-corrected chi connectivity index (χ1v) is 9.96. The van der Waals surface area contributed by atoms with Gasteiger partial charge in [0.15, 0.2) is 17.3 Å². The van der Waals surface area contributed by atoms with Crippen molar-refractivity contribution in [2.45, 2.75) is 39.8 Å². The Labute approximate surface area is 183 Å². The smallest absolute Gasteiger partial charge is 0.412 e. The molecule has 0 atom stereocenters. The SMILES string of the molecule is CCn1c(-c2nonc2N)nc2cnc(Oc3cccc(NC(=O)OC(C)(C)C)c3)cc21. The van der Waals surface area contributed by atoms with Crippen LogP contribution in [0.5, 0.6) is 11.6 Å². The number of nitrogens with zero attached hydrogens (tertiary/aromatic N) is 5. The fraction of sp³-hybridized carbons (Fsp3) is 0.286. The van der Waals surface area contributed by atoms with Crippen molar-refractivity contribution in [1.29, 1.82) is 0 Å². The van der Waals surface area contributed by atoms with Crippen LogP contribution in [0.3, 0.4) is 0 Å². The third kappa shape index (κ3) is 4.46. The van der Waals surface area contributed by atoms with Gasteiger partial charge in [0.1, 0.15) is 16.9 Å². The Morgan fingerprint density at radius 3 is 2.75 bits per heavy atom. The zero-order valence-corrected chi connectivity index (χ0v) is 18.1. The van der Waals surface area contributed by atoms with Crippen molar-refractivity contribution in [3.8, 4) is 23.1 Å². The number of imidazole rings is 1. The van der Waals surface area contributed by atoms with Gasteiger partial charge >= 0.3 is 6.09 Å². The van der Waals surface area contributed by atoms with Gasteiger partial charge in [-0.05, 0) is 50.1 Å². The van der Waals surface area contributed by atoms with E-state index in [1.54, 1.807) is 57.3 Å². The number of nitrogens with one attached hydrogen (secondary N) is 1. The lowest BCUT2D eigenvalue weighted by Crippen LogP contribution is -2.27. The van der Waals surface area contributed by atoms with E-state index >= 15 is 0 Å². The number of fused-ring (bicyclic) bond motifs is 1. The van der Waals surface area contributed by atoms with Gasteiger partial charge in [0.05, 0.1) is 11.7 Å². The molecule has 0 aliphatic carbocycles. The Balaban J connectivity index is 1.59. The number of anilines is 2. The zero-order valence-electron chi connectivity index (χ0n) is 18.1. The molecule has 4 rings (SSSR count). The monoisotopic (exact) mass is 437 g/mol. The first kappa shape index (κ1) is 21.1. The van der Waals surface area contributed by atoms with E-state index in [2.05, 4.69) is 25.6 Å². The van der Waals surface area contributed by atoms with E-state index < -0.39 is 11.7 Å². The molecule has 3 heterocycles. The Bertz CT molecular complexity index is 1270. The number of benzene rings is 1. The first-order chi connectivity index (χ1) is 15.2. The largest absolute Gasteiger partial charge is 0.444 e. The topological polar surface area (TPSA) is 143 Å². The van der Waals surface area contributed by atoms with Crippen molar-refractivity contribution >= 4 is 28.6 Å². The minimum atomic E-state index is -0.592. The number of amides is 1. The number of ether oxygens (including phenoxy) is 2. The number of hydrogen-bond acceptors (Lipinski definition) is 9. The van der Waals surface area contributed by atoms with Crippen LogP contribution >= 0.6 is 0 Å². The van der Waals surface area contributed by atoms with E-state index in [-0.39, 0.29) is 5.82 Å². The number of nitrogen functional groups attached to an aromatic ring is 1. The summed E-state index contributed by atoms with van der Waals surface area (Å²) in [6.07, 6.45) is 1.06. The molecule has 32 heavy (non-hydrogen) atoms. The number of aromatic nitrogens is 5. The van der Waals surface area contributed by atoms with Crippen LogP contribution in [0.25, 0.3) is 22.6 Å². The lowest BCUT2D eigenvalue weighted by Gasteiger charge is -2.19. The number of rotatable bonds is 5. The molecular weight excluding hydrogens is 414 g/mol. The lowest BCUT2D eigenvalue weighted by atomic mass is 10.2. The summed E-state index contributed by atoms with van der Waals surface area (Å²) < 4.78 is 17.8. The Morgan fingerprint density at radius 2 is 2.06 bits per heavy atom. The molecule has 3 N–H and O–H groups in total.